The van der Waals surface area contributed by atoms with Gasteiger partial charge in [0, 0.05) is 11.6 Å². The van der Waals surface area contributed by atoms with Crippen molar-refractivity contribution in [3.05, 3.63) is 53.5 Å². The Morgan fingerprint density at radius 3 is 2.55 bits per heavy atom. The summed E-state index contributed by atoms with van der Waals surface area (Å²) in [5, 5.41) is 11.7. The summed E-state index contributed by atoms with van der Waals surface area (Å²) in [4.78, 5) is 23.0. The summed E-state index contributed by atoms with van der Waals surface area (Å²) >= 11 is 0. The number of hydrogen-bond donors (Lipinski definition) is 2. The summed E-state index contributed by atoms with van der Waals surface area (Å²) < 4.78 is 10.3. The number of carboxylic acids is 1. The summed E-state index contributed by atoms with van der Waals surface area (Å²) in [5.41, 5.74) is 0.0102. The van der Waals surface area contributed by atoms with E-state index in [9.17, 15) is 9.59 Å². The molecule has 116 valence electrons. The molecule has 0 saturated heterocycles. The van der Waals surface area contributed by atoms with Crippen molar-refractivity contribution in [3.8, 4) is 5.75 Å². The van der Waals surface area contributed by atoms with Gasteiger partial charge in [0.1, 0.15) is 12.0 Å². The van der Waals surface area contributed by atoms with Crippen molar-refractivity contribution in [2.45, 2.75) is 19.4 Å². The van der Waals surface area contributed by atoms with E-state index in [1.165, 1.54) is 6.07 Å². The summed E-state index contributed by atoms with van der Waals surface area (Å²) in [6.07, 6.45) is 1.04. The molecule has 2 rings (SSSR count). The van der Waals surface area contributed by atoms with Crippen LogP contribution in [0.5, 0.6) is 5.75 Å². The molecule has 2 N–H and O–H groups in total. The quantitative estimate of drug-likeness (QED) is 0.886. The zero-order valence-corrected chi connectivity index (χ0v) is 12.5. The number of methoxy groups -OCH3 is 1. The van der Waals surface area contributed by atoms with Crippen LogP contribution >= 0.6 is 0 Å². The highest BCUT2D eigenvalue weighted by Crippen LogP contribution is 2.29. The Hall–Kier alpha value is -2.76. The Morgan fingerprint density at radius 2 is 1.95 bits per heavy atom. The van der Waals surface area contributed by atoms with E-state index in [-0.39, 0.29) is 11.3 Å². The molecule has 0 bridgehead atoms. The minimum absolute atomic E-state index is 0.0552. The molecule has 2 aromatic rings. The molecule has 0 aliphatic carbocycles. The first-order valence-electron chi connectivity index (χ1n) is 6.63. The number of benzene rings is 1. The molecule has 0 saturated carbocycles. The van der Waals surface area contributed by atoms with Gasteiger partial charge in [-0.15, -0.1) is 0 Å². The van der Waals surface area contributed by atoms with Gasteiger partial charge < -0.3 is 19.6 Å². The first kappa shape index (κ1) is 15.6. The van der Waals surface area contributed by atoms with Gasteiger partial charge in [-0.1, -0.05) is 18.2 Å². The topological polar surface area (TPSA) is 88.8 Å². The van der Waals surface area contributed by atoms with E-state index < -0.39 is 17.4 Å². The lowest BCUT2D eigenvalue weighted by Gasteiger charge is -2.28. The molecule has 0 aliphatic heterocycles. The molecule has 6 heteroatoms. The Labute approximate surface area is 127 Å². The minimum Gasteiger partial charge on any atom is -0.496 e. The summed E-state index contributed by atoms with van der Waals surface area (Å²) in [6, 6.07) is 8.53. The molecule has 22 heavy (non-hydrogen) atoms. The second-order valence-corrected chi connectivity index (χ2v) is 5.28. The summed E-state index contributed by atoms with van der Waals surface area (Å²) in [5.74, 6) is -1.05. The van der Waals surface area contributed by atoms with E-state index in [1.54, 1.807) is 13.2 Å². The molecule has 0 atom stereocenters. The number of amides is 1. The van der Waals surface area contributed by atoms with Crippen LogP contribution < -0.4 is 10.1 Å². The number of ether oxygens (including phenoxy) is 1. The van der Waals surface area contributed by atoms with Crippen LogP contribution in [0.25, 0.3) is 0 Å². The van der Waals surface area contributed by atoms with E-state index in [4.69, 9.17) is 14.3 Å². The molecule has 0 aliphatic rings. The monoisotopic (exact) mass is 303 g/mol. The summed E-state index contributed by atoms with van der Waals surface area (Å²) in [6.45, 7) is 3.65. The first-order chi connectivity index (χ1) is 10.3. The molecule has 0 fully saturated rings. The molecule has 0 spiro atoms. The molecule has 1 heterocycles. The molecular weight excluding hydrogens is 286 g/mol. The Kier molecular flexibility index (Phi) is 4.21. The van der Waals surface area contributed by atoms with Gasteiger partial charge in [-0.05, 0) is 19.9 Å². The fourth-order valence-electron chi connectivity index (χ4n) is 2.14. The zero-order valence-electron chi connectivity index (χ0n) is 12.5. The van der Waals surface area contributed by atoms with Crippen molar-refractivity contribution in [3.63, 3.8) is 0 Å². The fourth-order valence-corrected chi connectivity index (χ4v) is 2.14. The number of carbonyl (C=O) groups is 2. The predicted molar refractivity (Wildman–Crippen MR) is 79.2 cm³/mol. The summed E-state index contributed by atoms with van der Waals surface area (Å²) in [7, 11) is 1.56. The van der Waals surface area contributed by atoms with Crippen molar-refractivity contribution in [1.29, 1.82) is 0 Å². The van der Waals surface area contributed by atoms with E-state index >= 15 is 0 Å². The van der Waals surface area contributed by atoms with E-state index in [2.05, 4.69) is 5.32 Å². The van der Waals surface area contributed by atoms with Crippen molar-refractivity contribution >= 4 is 11.9 Å². The normalized spacial score (nSPS) is 11.0. The maximum Gasteiger partial charge on any atom is 0.338 e. The van der Waals surface area contributed by atoms with Crippen molar-refractivity contribution < 1.29 is 23.8 Å². The third-order valence-electron chi connectivity index (χ3n) is 3.28. The highest BCUT2D eigenvalue weighted by Gasteiger charge is 2.28. The van der Waals surface area contributed by atoms with Gasteiger partial charge in [0.15, 0.2) is 5.76 Å². The van der Waals surface area contributed by atoms with Crippen LogP contribution in [-0.4, -0.2) is 24.1 Å². The number of furan rings is 1. The number of para-hydroxylation sites is 1. The van der Waals surface area contributed by atoms with Gasteiger partial charge in [-0.3, -0.25) is 4.79 Å². The zero-order chi connectivity index (χ0) is 16.3. The molecule has 1 aromatic heterocycles. The number of hydrogen-bond acceptors (Lipinski definition) is 4. The van der Waals surface area contributed by atoms with Crippen LogP contribution in [0.15, 0.2) is 41.0 Å². The van der Waals surface area contributed by atoms with Crippen LogP contribution in [-0.2, 0) is 5.54 Å². The Morgan fingerprint density at radius 1 is 1.27 bits per heavy atom. The Balaban J connectivity index is 2.23. The van der Waals surface area contributed by atoms with Crippen molar-refractivity contribution in [2.75, 3.05) is 7.11 Å². The third-order valence-corrected chi connectivity index (χ3v) is 3.28. The highest BCUT2D eigenvalue weighted by atomic mass is 16.5. The third kappa shape index (κ3) is 3.11. The van der Waals surface area contributed by atoms with Gasteiger partial charge >= 0.3 is 5.97 Å². The standard InChI is InChI=1S/C16H17NO5/c1-16(2,11-6-4-5-7-12(11)21-3)17-14(18)13-8-10(9-22-13)15(19)20/h4-9H,1-3H3,(H,17,18)(H,19,20). The van der Waals surface area contributed by atoms with Crippen LogP contribution in [0.1, 0.15) is 40.3 Å². The Bertz CT molecular complexity index is 702. The first-order valence-corrected chi connectivity index (χ1v) is 6.63. The molecule has 1 aromatic carbocycles. The van der Waals surface area contributed by atoms with Gasteiger partial charge in [-0.25, -0.2) is 4.79 Å². The molecule has 1 amide bonds. The highest BCUT2D eigenvalue weighted by molar-refractivity contribution is 5.95. The predicted octanol–water partition coefficient (Wildman–Crippen LogP) is 2.65. The largest absolute Gasteiger partial charge is 0.496 e. The molecule has 0 radical (unpaired) electrons. The average molecular weight is 303 g/mol. The fraction of sp³-hybridized carbons (Fsp3) is 0.250. The van der Waals surface area contributed by atoms with Gasteiger partial charge in [-0.2, -0.15) is 0 Å². The smallest absolute Gasteiger partial charge is 0.338 e. The average Bonchev–Trinajstić information content (AvgIpc) is 2.97. The van der Waals surface area contributed by atoms with Crippen molar-refractivity contribution in [2.24, 2.45) is 0 Å². The second kappa shape index (κ2) is 5.93. The van der Waals surface area contributed by atoms with E-state index in [1.807, 2.05) is 32.0 Å². The van der Waals surface area contributed by atoms with Gasteiger partial charge in [0.05, 0.1) is 18.2 Å². The minimum atomic E-state index is -1.15. The van der Waals surface area contributed by atoms with E-state index in [0.29, 0.717) is 5.75 Å². The number of aromatic carboxylic acids is 1. The number of carbonyl (C=O) groups excluding carboxylic acids is 1. The van der Waals surface area contributed by atoms with Crippen LogP contribution in [0.4, 0.5) is 0 Å². The number of nitrogens with one attached hydrogen (secondary N) is 1. The molecule has 0 unspecified atom stereocenters. The molecular formula is C16H17NO5. The second-order valence-electron chi connectivity index (χ2n) is 5.28. The van der Waals surface area contributed by atoms with Crippen LogP contribution in [0.2, 0.25) is 0 Å². The maximum atomic E-state index is 12.2. The lowest BCUT2D eigenvalue weighted by molar-refractivity contribution is 0.0695. The van der Waals surface area contributed by atoms with Crippen LogP contribution in [0.3, 0.4) is 0 Å². The lowest BCUT2D eigenvalue weighted by atomic mass is 9.93. The van der Waals surface area contributed by atoms with E-state index in [0.717, 1.165) is 11.8 Å². The lowest BCUT2D eigenvalue weighted by Crippen LogP contribution is -2.41. The van der Waals surface area contributed by atoms with Crippen LogP contribution in [0, 0.1) is 0 Å². The number of carboxylic acid groups (broad SMARTS) is 1. The maximum absolute atomic E-state index is 12.2. The van der Waals surface area contributed by atoms with Gasteiger partial charge in [0.25, 0.3) is 5.91 Å². The SMILES string of the molecule is COc1ccccc1C(C)(C)NC(=O)c1cc(C(=O)O)co1. The number of rotatable bonds is 5. The molecule has 6 nitrogen and oxygen atoms in total. The van der Waals surface area contributed by atoms with Crippen molar-refractivity contribution in [1.82, 2.24) is 5.32 Å². The van der Waals surface area contributed by atoms with Gasteiger partial charge in [0.2, 0.25) is 0 Å².